The Morgan fingerprint density at radius 3 is 2.51 bits per heavy atom. The van der Waals surface area contributed by atoms with E-state index < -0.39 is 33.1 Å². The van der Waals surface area contributed by atoms with Crippen molar-refractivity contribution in [1.82, 2.24) is 14.6 Å². The molecule has 0 bridgehead atoms. The number of nitrogens with zero attached hydrogens (tertiary/aromatic N) is 2. The van der Waals surface area contributed by atoms with Gasteiger partial charge in [-0.05, 0) is 61.3 Å². The Hall–Kier alpha value is -2.40. The lowest BCUT2D eigenvalue weighted by Gasteiger charge is -2.34. The van der Waals surface area contributed by atoms with Crippen LogP contribution in [0.3, 0.4) is 0 Å². The molecular formula is C24H29F3N4O3S. The van der Waals surface area contributed by atoms with Crippen molar-refractivity contribution in [2.75, 3.05) is 18.8 Å². The van der Waals surface area contributed by atoms with Crippen molar-refractivity contribution in [2.24, 2.45) is 10.9 Å². The number of aromatic amines is 1. The number of alkyl halides is 3. The van der Waals surface area contributed by atoms with Gasteiger partial charge >= 0.3 is 6.18 Å². The normalized spacial score (nSPS) is 22.0. The summed E-state index contributed by atoms with van der Waals surface area (Å²) >= 11 is 0. The fraction of sp³-hybridized carbons (Fsp3) is 0.583. The summed E-state index contributed by atoms with van der Waals surface area (Å²) in [4.78, 5) is 20.3. The average Bonchev–Trinajstić information content (AvgIpc) is 3.41. The number of benzene rings is 1. The maximum Gasteiger partial charge on any atom is 0.416 e. The lowest BCUT2D eigenvalue weighted by Crippen LogP contribution is -2.51. The predicted molar refractivity (Wildman–Crippen MR) is 126 cm³/mol. The highest BCUT2D eigenvalue weighted by atomic mass is 32.2. The highest BCUT2D eigenvalue weighted by molar-refractivity contribution is 7.89. The van der Waals surface area contributed by atoms with E-state index in [1.54, 1.807) is 12.3 Å². The number of aliphatic imine (C=N–C) groups is 1. The Morgan fingerprint density at radius 1 is 1.11 bits per heavy atom. The van der Waals surface area contributed by atoms with Gasteiger partial charge in [-0.1, -0.05) is 19.3 Å². The molecule has 7 nitrogen and oxygen atoms in total. The Bertz CT molecular complexity index is 1250. The Kier molecular flexibility index (Phi) is 6.19. The zero-order valence-corrected chi connectivity index (χ0v) is 20.1. The van der Waals surface area contributed by atoms with Crippen molar-refractivity contribution >= 4 is 32.7 Å². The maximum absolute atomic E-state index is 13.6. The number of aryl methyl sites for hydroxylation is 1. The van der Waals surface area contributed by atoms with E-state index in [0.29, 0.717) is 10.9 Å². The minimum Gasteiger partial charge on any atom is -0.361 e. The van der Waals surface area contributed by atoms with Crippen LogP contribution in [-0.2, 0) is 27.4 Å². The van der Waals surface area contributed by atoms with Crippen molar-refractivity contribution in [3.63, 3.8) is 0 Å². The molecule has 2 fully saturated rings. The largest absolute Gasteiger partial charge is 0.416 e. The molecule has 2 N–H and O–H groups in total. The van der Waals surface area contributed by atoms with Gasteiger partial charge in [0, 0.05) is 30.7 Å². The summed E-state index contributed by atoms with van der Waals surface area (Å²) in [6.45, 7) is 0.250. The molecule has 2 aliphatic heterocycles. The van der Waals surface area contributed by atoms with Crippen molar-refractivity contribution in [3.05, 3.63) is 35.5 Å². The van der Waals surface area contributed by atoms with Gasteiger partial charge < -0.3 is 10.3 Å². The summed E-state index contributed by atoms with van der Waals surface area (Å²) in [6.07, 6.45) is 2.71. The number of hydrogen-bond donors (Lipinski definition) is 2. The van der Waals surface area contributed by atoms with Crippen LogP contribution in [0.25, 0.3) is 10.9 Å². The van der Waals surface area contributed by atoms with Gasteiger partial charge in [-0.15, -0.1) is 0 Å². The van der Waals surface area contributed by atoms with Crippen LogP contribution < -0.4 is 5.32 Å². The van der Waals surface area contributed by atoms with Crippen LogP contribution in [0, 0.1) is 5.92 Å². The van der Waals surface area contributed by atoms with Crippen molar-refractivity contribution in [1.29, 1.82) is 0 Å². The molecule has 1 aromatic heterocycles. The van der Waals surface area contributed by atoms with E-state index in [0.717, 1.165) is 37.6 Å². The second-order valence-corrected chi connectivity index (χ2v) is 11.9. The smallest absolute Gasteiger partial charge is 0.361 e. The number of piperidine rings is 1. The zero-order chi connectivity index (χ0) is 24.8. The van der Waals surface area contributed by atoms with E-state index in [1.807, 2.05) is 0 Å². The van der Waals surface area contributed by atoms with Crippen LogP contribution >= 0.6 is 0 Å². The van der Waals surface area contributed by atoms with Crippen LogP contribution in [0.1, 0.15) is 56.1 Å². The highest BCUT2D eigenvalue weighted by Gasteiger charge is 2.48. The molecule has 1 spiro atoms. The number of nitrogens with one attached hydrogen (secondary N) is 2. The fourth-order valence-corrected chi connectivity index (χ4v) is 7.05. The van der Waals surface area contributed by atoms with Gasteiger partial charge in [0.05, 0.1) is 11.3 Å². The Labute approximate surface area is 202 Å². The average molecular weight is 511 g/mol. The van der Waals surface area contributed by atoms with Gasteiger partial charge in [0.15, 0.2) is 0 Å². The Balaban J connectivity index is 1.27. The maximum atomic E-state index is 13.6. The molecule has 190 valence electrons. The molecule has 1 amide bonds. The first-order valence-electron chi connectivity index (χ1n) is 12.1. The molecule has 0 atom stereocenters. The quantitative estimate of drug-likeness (QED) is 0.637. The first kappa shape index (κ1) is 24.3. The van der Waals surface area contributed by atoms with Gasteiger partial charge in [0.2, 0.25) is 10.0 Å². The second-order valence-electron chi connectivity index (χ2n) is 9.85. The second kappa shape index (κ2) is 8.92. The predicted octanol–water partition coefficient (Wildman–Crippen LogP) is 4.00. The summed E-state index contributed by atoms with van der Waals surface area (Å²) in [6, 6.07) is 4.09. The molecule has 0 radical (unpaired) electrons. The highest BCUT2D eigenvalue weighted by Crippen LogP contribution is 2.36. The zero-order valence-electron chi connectivity index (χ0n) is 19.3. The first-order chi connectivity index (χ1) is 16.6. The summed E-state index contributed by atoms with van der Waals surface area (Å²) in [5, 5.41) is 3.55. The van der Waals surface area contributed by atoms with Crippen LogP contribution in [0.15, 0.2) is 29.4 Å². The monoisotopic (exact) mass is 510 g/mol. The number of amides is 1. The van der Waals surface area contributed by atoms with Crippen LogP contribution in [0.2, 0.25) is 0 Å². The molecule has 1 saturated carbocycles. The van der Waals surface area contributed by atoms with Crippen LogP contribution in [-0.4, -0.2) is 53.8 Å². The third-order valence-corrected chi connectivity index (χ3v) is 9.52. The minimum absolute atomic E-state index is 0.0430. The van der Waals surface area contributed by atoms with E-state index in [9.17, 15) is 26.4 Å². The summed E-state index contributed by atoms with van der Waals surface area (Å²) < 4.78 is 68.2. The number of fused-ring (bicyclic) bond motifs is 1. The molecule has 5 rings (SSSR count). The lowest BCUT2D eigenvalue weighted by molar-refractivity contribution is -0.138. The van der Waals surface area contributed by atoms with Crippen LogP contribution in [0.4, 0.5) is 13.2 Å². The molecule has 35 heavy (non-hydrogen) atoms. The summed E-state index contributed by atoms with van der Waals surface area (Å²) in [5.41, 5.74) is -1.44. The van der Waals surface area contributed by atoms with Crippen molar-refractivity contribution in [3.8, 4) is 0 Å². The SMILES string of the molecule is O=C1NC(C2CCCCC2)=NC12CCN(S(=O)(=O)CCc1cc3cc[nH]c3cc1C(F)(F)F)CC2. The van der Waals surface area contributed by atoms with E-state index in [1.165, 1.54) is 16.8 Å². The number of H-pyrrole nitrogens is 1. The summed E-state index contributed by atoms with van der Waals surface area (Å²) in [5.74, 6) is 0.409. The lowest BCUT2D eigenvalue weighted by atomic mass is 9.88. The molecule has 11 heteroatoms. The van der Waals surface area contributed by atoms with Crippen molar-refractivity contribution in [2.45, 2.75) is 63.1 Å². The van der Waals surface area contributed by atoms with E-state index in [-0.39, 0.29) is 49.7 Å². The number of aromatic nitrogens is 1. The first-order valence-corrected chi connectivity index (χ1v) is 13.7. The molecule has 3 aliphatic rings. The molecule has 2 aromatic rings. The van der Waals surface area contributed by atoms with Gasteiger partial charge in [-0.2, -0.15) is 13.2 Å². The number of carbonyl (C=O) groups excluding carboxylic acids is 1. The number of carbonyl (C=O) groups is 1. The van der Waals surface area contributed by atoms with Gasteiger partial charge in [0.1, 0.15) is 11.4 Å². The van der Waals surface area contributed by atoms with Gasteiger partial charge in [-0.25, -0.2) is 12.7 Å². The molecule has 0 unspecified atom stereocenters. The molecule has 1 saturated heterocycles. The number of amidine groups is 1. The van der Waals surface area contributed by atoms with E-state index in [4.69, 9.17) is 4.99 Å². The van der Waals surface area contributed by atoms with Crippen LogP contribution in [0.5, 0.6) is 0 Å². The van der Waals surface area contributed by atoms with Gasteiger partial charge in [-0.3, -0.25) is 9.79 Å². The number of hydrogen-bond acceptors (Lipinski definition) is 4. The third-order valence-electron chi connectivity index (χ3n) is 7.65. The van der Waals surface area contributed by atoms with Gasteiger partial charge in [0.25, 0.3) is 5.91 Å². The molecule has 1 aromatic carbocycles. The number of sulfonamides is 1. The molecule has 1 aliphatic carbocycles. The van der Waals surface area contributed by atoms with E-state index in [2.05, 4.69) is 10.3 Å². The number of halogens is 3. The summed E-state index contributed by atoms with van der Waals surface area (Å²) in [7, 11) is -3.80. The minimum atomic E-state index is -4.58. The molecular weight excluding hydrogens is 481 g/mol. The van der Waals surface area contributed by atoms with Crippen molar-refractivity contribution < 1.29 is 26.4 Å². The van der Waals surface area contributed by atoms with E-state index >= 15 is 0 Å². The fourth-order valence-electron chi connectivity index (χ4n) is 5.57. The third kappa shape index (κ3) is 4.72. The topological polar surface area (TPSA) is 94.6 Å². The number of rotatable bonds is 5. The molecule has 3 heterocycles. The standard InChI is InChI=1S/C24H29F3N4O3S/c25-24(26,27)19-15-20-18(6-10-28-20)14-17(19)7-13-35(33,34)31-11-8-23(9-12-31)22(32)29-21(30-23)16-4-2-1-3-5-16/h6,10,14-16,28H,1-5,7-9,11-13H2,(H,29,30,32). The Morgan fingerprint density at radius 2 is 1.83 bits per heavy atom.